The van der Waals surface area contributed by atoms with E-state index in [0.717, 1.165) is 47.2 Å². The van der Waals surface area contributed by atoms with Crippen LogP contribution in [0.3, 0.4) is 0 Å². The molecule has 27 heavy (non-hydrogen) atoms. The van der Waals surface area contributed by atoms with E-state index in [9.17, 15) is 4.79 Å². The van der Waals surface area contributed by atoms with Crippen LogP contribution in [-0.4, -0.2) is 26.4 Å². The fourth-order valence-electron chi connectivity index (χ4n) is 3.29. The maximum absolute atomic E-state index is 12.6. The molecule has 140 valence electrons. The Kier molecular flexibility index (Phi) is 4.70. The van der Waals surface area contributed by atoms with Crippen molar-refractivity contribution in [1.82, 2.24) is 19.9 Å². The molecule has 0 unspecified atom stereocenters. The van der Waals surface area contributed by atoms with Crippen molar-refractivity contribution in [1.29, 1.82) is 0 Å². The molecule has 0 saturated carbocycles. The molecule has 1 aromatic carbocycles. The molecule has 0 aliphatic carbocycles. The van der Waals surface area contributed by atoms with Gasteiger partial charge >= 0.3 is 0 Å². The Labute approximate surface area is 163 Å². The van der Waals surface area contributed by atoms with Gasteiger partial charge in [-0.15, -0.1) is 11.3 Å². The van der Waals surface area contributed by atoms with Crippen molar-refractivity contribution in [3.63, 3.8) is 0 Å². The van der Waals surface area contributed by atoms with Gasteiger partial charge in [-0.3, -0.25) is 9.69 Å². The zero-order valence-electron chi connectivity index (χ0n) is 16.0. The zero-order chi connectivity index (χ0) is 19.0. The van der Waals surface area contributed by atoms with Crippen LogP contribution in [0.2, 0.25) is 0 Å². The molecule has 1 N–H and O–H groups in total. The summed E-state index contributed by atoms with van der Waals surface area (Å²) in [6.45, 7) is 8.57. The molecule has 1 aliphatic heterocycles. The highest BCUT2D eigenvalue weighted by atomic mass is 32.1. The fraction of sp³-hybridized carbons (Fsp3) is 0.381. The Balaban J connectivity index is 1.51. The van der Waals surface area contributed by atoms with Crippen LogP contribution in [0.5, 0.6) is 0 Å². The van der Waals surface area contributed by atoms with Gasteiger partial charge in [0.1, 0.15) is 10.8 Å². The summed E-state index contributed by atoms with van der Waals surface area (Å²) in [5.74, 6) is 0.773. The third kappa shape index (κ3) is 3.87. The molecular weight excluding hydrogens is 356 g/mol. The van der Waals surface area contributed by atoms with Crippen LogP contribution in [-0.2, 0) is 24.9 Å². The Morgan fingerprint density at radius 1 is 1.22 bits per heavy atom. The van der Waals surface area contributed by atoms with Crippen molar-refractivity contribution in [2.45, 2.75) is 45.7 Å². The van der Waals surface area contributed by atoms with E-state index in [0.29, 0.717) is 6.54 Å². The lowest BCUT2D eigenvalue weighted by atomic mass is 9.95. The number of benzene rings is 1. The molecule has 0 atom stereocenters. The molecule has 5 nitrogen and oxygen atoms in total. The molecule has 0 fully saturated rings. The monoisotopic (exact) mass is 380 g/mol. The number of fused-ring (bicyclic) bond motifs is 1. The molecule has 0 radical (unpaired) electrons. The number of rotatable bonds is 3. The maximum Gasteiger partial charge on any atom is 0.255 e. The van der Waals surface area contributed by atoms with Crippen LogP contribution in [0.1, 0.15) is 42.7 Å². The van der Waals surface area contributed by atoms with Crippen LogP contribution < -0.4 is 5.56 Å². The summed E-state index contributed by atoms with van der Waals surface area (Å²) in [7, 11) is 0. The first-order valence-corrected chi connectivity index (χ1v) is 10.1. The van der Waals surface area contributed by atoms with Gasteiger partial charge in [-0.1, -0.05) is 51.1 Å². The van der Waals surface area contributed by atoms with Crippen molar-refractivity contribution < 1.29 is 0 Å². The summed E-state index contributed by atoms with van der Waals surface area (Å²) < 4.78 is 0. The predicted octanol–water partition coefficient (Wildman–Crippen LogP) is 3.75. The lowest BCUT2D eigenvalue weighted by Gasteiger charge is -2.28. The Hall–Kier alpha value is -2.31. The minimum absolute atomic E-state index is 0.00361. The zero-order valence-corrected chi connectivity index (χ0v) is 16.8. The summed E-state index contributed by atoms with van der Waals surface area (Å²) in [6.07, 6.45) is 2.76. The average Bonchev–Trinajstić information content (AvgIpc) is 3.10. The van der Waals surface area contributed by atoms with Crippen LogP contribution >= 0.6 is 11.3 Å². The number of aromatic nitrogens is 3. The third-order valence-corrected chi connectivity index (χ3v) is 5.84. The van der Waals surface area contributed by atoms with Gasteiger partial charge in [0.2, 0.25) is 0 Å². The minimum atomic E-state index is -0.151. The van der Waals surface area contributed by atoms with Gasteiger partial charge in [0, 0.05) is 48.1 Å². The number of thiazole rings is 1. The van der Waals surface area contributed by atoms with E-state index in [1.807, 2.05) is 24.4 Å². The molecule has 0 amide bonds. The first-order chi connectivity index (χ1) is 12.9. The standard InChI is InChI=1S/C21H24N4OS/c1-21(2,3)20-23-17-9-10-25(13-16(17)18(26)24-20)12-15-11-22-19(27-15)14-7-5-4-6-8-14/h4-8,11H,9-10,12-13H2,1-3H3,(H,23,24,26). The quantitative estimate of drug-likeness (QED) is 0.752. The molecule has 3 heterocycles. The van der Waals surface area contributed by atoms with Crippen LogP contribution in [0.15, 0.2) is 41.3 Å². The van der Waals surface area contributed by atoms with E-state index >= 15 is 0 Å². The number of hydrogen-bond acceptors (Lipinski definition) is 5. The van der Waals surface area contributed by atoms with E-state index in [4.69, 9.17) is 4.98 Å². The van der Waals surface area contributed by atoms with E-state index in [1.165, 1.54) is 4.88 Å². The van der Waals surface area contributed by atoms with Crippen molar-refractivity contribution in [3.05, 3.63) is 68.8 Å². The van der Waals surface area contributed by atoms with E-state index in [2.05, 4.69) is 47.8 Å². The summed E-state index contributed by atoms with van der Waals surface area (Å²) in [4.78, 5) is 28.4. The van der Waals surface area contributed by atoms with Gasteiger partial charge in [0.25, 0.3) is 5.56 Å². The van der Waals surface area contributed by atoms with Gasteiger partial charge in [-0.05, 0) is 0 Å². The Morgan fingerprint density at radius 3 is 2.74 bits per heavy atom. The largest absolute Gasteiger partial charge is 0.310 e. The second-order valence-corrected chi connectivity index (χ2v) is 9.16. The van der Waals surface area contributed by atoms with Crippen molar-refractivity contribution in [3.8, 4) is 10.6 Å². The molecule has 6 heteroatoms. The lowest BCUT2D eigenvalue weighted by molar-refractivity contribution is 0.243. The minimum Gasteiger partial charge on any atom is -0.310 e. The highest BCUT2D eigenvalue weighted by molar-refractivity contribution is 7.15. The second kappa shape index (κ2) is 7.02. The molecular formula is C21H24N4OS. The number of aromatic amines is 1. The van der Waals surface area contributed by atoms with Crippen LogP contribution in [0.25, 0.3) is 10.6 Å². The molecule has 4 rings (SSSR count). The highest BCUT2D eigenvalue weighted by Gasteiger charge is 2.25. The molecule has 0 saturated heterocycles. The summed E-state index contributed by atoms with van der Waals surface area (Å²) in [5.41, 5.74) is 2.76. The van der Waals surface area contributed by atoms with E-state index in [-0.39, 0.29) is 11.0 Å². The SMILES string of the molecule is CC(C)(C)c1nc2c(c(=O)[nH]1)CN(Cc1cnc(-c3ccccc3)s1)CC2. The van der Waals surface area contributed by atoms with Gasteiger partial charge in [0.15, 0.2) is 0 Å². The topological polar surface area (TPSA) is 61.9 Å². The van der Waals surface area contributed by atoms with Gasteiger partial charge in [-0.2, -0.15) is 0 Å². The summed E-state index contributed by atoms with van der Waals surface area (Å²) >= 11 is 1.72. The van der Waals surface area contributed by atoms with E-state index < -0.39 is 0 Å². The Morgan fingerprint density at radius 2 is 2.00 bits per heavy atom. The van der Waals surface area contributed by atoms with Crippen molar-refractivity contribution >= 4 is 11.3 Å². The summed E-state index contributed by atoms with van der Waals surface area (Å²) in [5, 5.41) is 1.04. The molecule has 0 spiro atoms. The third-order valence-electron chi connectivity index (χ3n) is 4.81. The number of nitrogens with zero attached hydrogens (tertiary/aromatic N) is 3. The lowest BCUT2D eigenvalue weighted by Crippen LogP contribution is -2.36. The number of H-pyrrole nitrogens is 1. The van der Waals surface area contributed by atoms with Crippen molar-refractivity contribution in [2.75, 3.05) is 6.54 Å². The average molecular weight is 381 g/mol. The fourth-order valence-corrected chi connectivity index (χ4v) is 4.25. The highest BCUT2D eigenvalue weighted by Crippen LogP contribution is 2.27. The number of nitrogens with one attached hydrogen (secondary N) is 1. The van der Waals surface area contributed by atoms with Crippen molar-refractivity contribution in [2.24, 2.45) is 0 Å². The van der Waals surface area contributed by atoms with Gasteiger partial charge in [-0.25, -0.2) is 9.97 Å². The molecule has 1 aliphatic rings. The predicted molar refractivity (Wildman–Crippen MR) is 109 cm³/mol. The van der Waals surface area contributed by atoms with Gasteiger partial charge in [0.05, 0.1) is 11.3 Å². The van der Waals surface area contributed by atoms with Gasteiger partial charge < -0.3 is 4.98 Å². The van der Waals surface area contributed by atoms with Crippen LogP contribution in [0.4, 0.5) is 0 Å². The van der Waals surface area contributed by atoms with Crippen LogP contribution in [0, 0.1) is 0 Å². The first kappa shape index (κ1) is 18.1. The number of hydrogen-bond donors (Lipinski definition) is 1. The second-order valence-electron chi connectivity index (χ2n) is 8.05. The van der Waals surface area contributed by atoms with E-state index in [1.54, 1.807) is 11.3 Å². The molecule has 2 aromatic heterocycles. The maximum atomic E-state index is 12.6. The summed E-state index contributed by atoms with van der Waals surface area (Å²) in [6, 6.07) is 10.2. The smallest absolute Gasteiger partial charge is 0.255 e. The normalized spacial score (nSPS) is 14.9. The Bertz CT molecular complexity index is 1000. The molecule has 3 aromatic rings. The molecule has 0 bridgehead atoms. The first-order valence-electron chi connectivity index (χ1n) is 9.25.